The van der Waals surface area contributed by atoms with Crippen molar-refractivity contribution in [1.82, 2.24) is 35.9 Å². The molecule has 0 bridgehead atoms. The Labute approximate surface area is 279 Å². The molecule has 0 saturated heterocycles. The van der Waals surface area contributed by atoms with E-state index in [1.54, 1.807) is 30.5 Å². The van der Waals surface area contributed by atoms with Crippen LogP contribution in [0.15, 0.2) is 54.7 Å². The van der Waals surface area contributed by atoms with E-state index < -0.39 is 23.6 Å². The summed E-state index contributed by atoms with van der Waals surface area (Å²) in [5, 5.41) is 17.0. The maximum absolute atomic E-state index is 14.3. The second kappa shape index (κ2) is 14.6. The van der Waals surface area contributed by atoms with Crippen molar-refractivity contribution < 1.29 is 19.1 Å². The molecule has 0 aliphatic heterocycles. The first-order valence-corrected chi connectivity index (χ1v) is 16.0. The van der Waals surface area contributed by atoms with Crippen molar-refractivity contribution in [1.29, 1.82) is 0 Å². The minimum atomic E-state index is -0.951. The summed E-state index contributed by atoms with van der Waals surface area (Å²) in [5.74, 6) is -0.282. The fourth-order valence-electron chi connectivity index (χ4n) is 6.00. The predicted octanol–water partition coefficient (Wildman–Crippen LogP) is 3.98. The van der Waals surface area contributed by atoms with Gasteiger partial charge in [-0.3, -0.25) is 14.5 Å². The van der Waals surface area contributed by atoms with Crippen LogP contribution in [0.5, 0.6) is 0 Å². The minimum Gasteiger partial charge on any atom is -0.444 e. The van der Waals surface area contributed by atoms with Gasteiger partial charge >= 0.3 is 6.09 Å². The number of benzene rings is 2. The van der Waals surface area contributed by atoms with Gasteiger partial charge in [-0.05, 0) is 99.9 Å². The number of aryl methyl sites for hydroxylation is 1. The molecule has 252 valence electrons. The highest BCUT2D eigenvalue weighted by atomic mass is 16.6. The number of nitrogens with two attached hydrogens (primary N) is 2. The normalized spacial score (nSPS) is 16.9. The number of alkyl carbamates (subject to hydrolysis) is 1. The Morgan fingerprint density at radius 3 is 2.27 bits per heavy atom. The zero-order valence-electron chi connectivity index (χ0n) is 27.6. The Morgan fingerprint density at radius 1 is 1.02 bits per heavy atom. The van der Waals surface area contributed by atoms with Gasteiger partial charge in [0.05, 0.1) is 5.69 Å². The summed E-state index contributed by atoms with van der Waals surface area (Å²) in [4.78, 5) is 49.6. The Bertz CT molecular complexity index is 1710. The molecule has 0 unspecified atom stereocenters. The van der Waals surface area contributed by atoms with E-state index in [9.17, 15) is 14.4 Å². The number of carbonyl (C=O) groups excluding carboxylic acids is 3. The highest BCUT2D eigenvalue weighted by Gasteiger charge is 2.36. The number of aromatic nitrogens is 6. The number of nitrogens with zero attached hydrogens (tertiary/aromatic N) is 6. The number of amides is 3. The van der Waals surface area contributed by atoms with Crippen molar-refractivity contribution >= 4 is 29.5 Å². The second-order valence-corrected chi connectivity index (χ2v) is 13.1. The first kappa shape index (κ1) is 33.9. The van der Waals surface area contributed by atoms with E-state index in [0.29, 0.717) is 36.5 Å². The number of rotatable bonds is 10. The van der Waals surface area contributed by atoms with Gasteiger partial charge in [0.25, 0.3) is 0 Å². The molecule has 1 atom stereocenters. The molecule has 2 aromatic heterocycles. The van der Waals surface area contributed by atoms with E-state index >= 15 is 0 Å². The van der Waals surface area contributed by atoms with Crippen LogP contribution >= 0.6 is 0 Å². The average molecular weight is 655 g/mol. The number of nitrogen functional groups attached to an aromatic ring is 1. The van der Waals surface area contributed by atoms with Crippen LogP contribution in [0, 0.1) is 18.8 Å². The van der Waals surface area contributed by atoms with Gasteiger partial charge in [0.2, 0.25) is 23.6 Å². The van der Waals surface area contributed by atoms with Crippen molar-refractivity contribution in [3.63, 3.8) is 0 Å². The number of anilines is 2. The Morgan fingerprint density at radius 2 is 1.69 bits per heavy atom. The van der Waals surface area contributed by atoms with Gasteiger partial charge in [-0.25, -0.2) is 14.8 Å². The van der Waals surface area contributed by atoms with Gasteiger partial charge in [-0.2, -0.15) is 5.21 Å². The molecule has 5 rings (SSSR count). The Balaban J connectivity index is 1.35. The number of hydrogen-bond acceptors (Lipinski definition) is 10. The minimum absolute atomic E-state index is 0.170. The molecule has 1 aliphatic carbocycles. The van der Waals surface area contributed by atoms with Gasteiger partial charge in [0.15, 0.2) is 0 Å². The molecule has 14 nitrogen and oxygen atoms in total. The lowest BCUT2D eigenvalue weighted by molar-refractivity contribution is -0.127. The van der Waals surface area contributed by atoms with Crippen LogP contribution in [0.1, 0.15) is 57.7 Å². The van der Waals surface area contributed by atoms with Crippen LogP contribution < -0.4 is 21.7 Å². The summed E-state index contributed by atoms with van der Waals surface area (Å²) < 4.78 is 5.36. The molecule has 0 radical (unpaired) electrons. The molecule has 3 amide bonds. The summed E-state index contributed by atoms with van der Waals surface area (Å²) in [6.45, 7) is 7.79. The fraction of sp³-hybridized carbons (Fsp3) is 0.412. The standard InChI is InChI=1S/C34H42N10O4/c1-20-27(19-37-32(36)39-20)23-9-5-21(6-10-23)17-28(29(35)45)44(26-15-13-24(14-16-26)30-40-42-43-41-30)31(46)25-11-7-22(8-12-25)18-38-33(47)48-34(2,3)4/h5-6,9-10,13-16,19,22,25,28H,7-8,11-12,17-18H2,1-4H3,(H2,35,45)(H,38,47)(H2,36,37,39)(H,40,41,42,43)/t22?,25?,28-/m0/s1. The zero-order chi connectivity index (χ0) is 34.4. The number of H-pyrrole nitrogens is 1. The number of tetrazole rings is 1. The van der Waals surface area contributed by atoms with Crippen LogP contribution in [0.25, 0.3) is 22.5 Å². The van der Waals surface area contributed by atoms with Gasteiger partial charge in [-0.1, -0.05) is 24.3 Å². The predicted molar refractivity (Wildman–Crippen MR) is 180 cm³/mol. The zero-order valence-corrected chi connectivity index (χ0v) is 27.6. The number of ether oxygens (including phenoxy) is 1. The summed E-state index contributed by atoms with van der Waals surface area (Å²) in [6, 6.07) is 13.8. The molecular weight excluding hydrogens is 612 g/mol. The molecule has 2 heterocycles. The largest absolute Gasteiger partial charge is 0.444 e. The number of nitrogens with one attached hydrogen (secondary N) is 2. The van der Waals surface area contributed by atoms with Gasteiger partial charge in [0, 0.05) is 41.9 Å². The number of carbonyl (C=O) groups is 3. The lowest BCUT2D eigenvalue weighted by atomic mass is 9.81. The van der Waals surface area contributed by atoms with Crippen LogP contribution in [0.3, 0.4) is 0 Å². The van der Waals surface area contributed by atoms with Crippen molar-refractivity contribution in [2.24, 2.45) is 17.6 Å². The van der Waals surface area contributed by atoms with E-state index in [1.165, 1.54) is 4.90 Å². The third-order valence-electron chi connectivity index (χ3n) is 8.45. The van der Waals surface area contributed by atoms with E-state index in [4.69, 9.17) is 16.2 Å². The quantitative estimate of drug-likeness (QED) is 0.193. The van der Waals surface area contributed by atoms with Gasteiger partial charge < -0.3 is 21.5 Å². The first-order valence-electron chi connectivity index (χ1n) is 16.0. The summed E-state index contributed by atoms with van der Waals surface area (Å²) in [5.41, 5.74) is 15.7. The molecule has 48 heavy (non-hydrogen) atoms. The van der Waals surface area contributed by atoms with Crippen molar-refractivity contribution in [2.45, 2.75) is 71.4 Å². The molecule has 6 N–H and O–H groups in total. The summed E-state index contributed by atoms with van der Waals surface area (Å²) in [6.07, 6.45) is 4.15. The second-order valence-electron chi connectivity index (χ2n) is 13.1. The number of aromatic amines is 1. The Kier molecular flexibility index (Phi) is 10.3. The monoisotopic (exact) mass is 654 g/mol. The lowest BCUT2D eigenvalue weighted by Crippen LogP contribution is -2.52. The van der Waals surface area contributed by atoms with Crippen LogP contribution in [0.4, 0.5) is 16.4 Å². The molecule has 1 fully saturated rings. The van der Waals surface area contributed by atoms with Crippen molar-refractivity contribution in [3.8, 4) is 22.5 Å². The van der Waals surface area contributed by atoms with Crippen LogP contribution in [-0.4, -0.2) is 66.7 Å². The van der Waals surface area contributed by atoms with Gasteiger partial charge in [0.1, 0.15) is 11.6 Å². The lowest BCUT2D eigenvalue weighted by Gasteiger charge is -2.36. The smallest absolute Gasteiger partial charge is 0.407 e. The molecule has 2 aromatic carbocycles. The van der Waals surface area contributed by atoms with Crippen LogP contribution in [-0.2, 0) is 20.7 Å². The maximum Gasteiger partial charge on any atom is 0.407 e. The SMILES string of the molecule is Cc1nc(N)ncc1-c1ccc(C[C@@H](C(N)=O)N(C(=O)C2CCC(CNC(=O)OC(C)(C)C)CC2)c2ccc(-c3nn[nH]n3)cc2)cc1. The van der Waals surface area contributed by atoms with E-state index in [-0.39, 0.29) is 30.1 Å². The third kappa shape index (κ3) is 8.49. The highest BCUT2D eigenvalue weighted by molar-refractivity contribution is 6.01. The topological polar surface area (TPSA) is 208 Å². The van der Waals surface area contributed by atoms with Gasteiger partial charge in [-0.15, -0.1) is 10.2 Å². The summed E-state index contributed by atoms with van der Waals surface area (Å²) in [7, 11) is 0. The van der Waals surface area contributed by atoms with E-state index in [2.05, 4.69) is 35.9 Å². The average Bonchev–Trinajstić information content (AvgIpc) is 3.59. The molecule has 0 spiro atoms. The third-order valence-corrected chi connectivity index (χ3v) is 8.45. The highest BCUT2D eigenvalue weighted by Crippen LogP contribution is 2.33. The maximum atomic E-state index is 14.3. The first-order chi connectivity index (χ1) is 22.9. The fourth-order valence-corrected chi connectivity index (χ4v) is 6.00. The molecule has 14 heteroatoms. The molecular formula is C34H42N10O4. The number of primary amides is 1. The van der Waals surface area contributed by atoms with Crippen molar-refractivity contribution in [3.05, 3.63) is 66.0 Å². The molecule has 4 aromatic rings. The molecule has 1 saturated carbocycles. The van der Waals surface area contributed by atoms with E-state index in [1.807, 2.05) is 52.0 Å². The molecule has 1 aliphatic rings. The van der Waals surface area contributed by atoms with E-state index in [0.717, 1.165) is 35.2 Å². The number of hydrogen-bond donors (Lipinski definition) is 4. The van der Waals surface area contributed by atoms with Crippen LogP contribution in [0.2, 0.25) is 0 Å². The van der Waals surface area contributed by atoms with Crippen molar-refractivity contribution in [2.75, 3.05) is 17.2 Å². The Hall–Kier alpha value is -5.40. The summed E-state index contributed by atoms with van der Waals surface area (Å²) >= 11 is 0.